The number of amides is 1. The molecular formula is C74H137NO11. The van der Waals surface area contributed by atoms with Crippen molar-refractivity contribution in [2.75, 3.05) is 39.5 Å². The molecule has 0 saturated heterocycles. The fraction of sp³-hybridized carbons (Fsp3) is 0.838. The maximum atomic E-state index is 12.9. The van der Waals surface area contributed by atoms with Crippen molar-refractivity contribution in [3.63, 3.8) is 0 Å². The molecule has 0 spiro atoms. The van der Waals surface area contributed by atoms with Crippen molar-refractivity contribution in [2.24, 2.45) is 17.8 Å². The van der Waals surface area contributed by atoms with Crippen LogP contribution in [0.15, 0.2) is 37.5 Å². The Bertz CT molecular complexity index is 1640. The average molecular weight is 1220 g/mol. The first-order valence-electron chi connectivity index (χ1n) is 35.6. The molecule has 0 aromatic heterocycles. The van der Waals surface area contributed by atoms with Gasteiger partial charge in [0.2, 0.25) is 5.91 Å². The third kappa shape index (κ3) is 55.5. The number of esters is 4. The Labute approximate surface area is 530 Å². The van der Waals surface area contributed by atoms with Crippen molar-refractivity contribution in [3.05, 3.63) is 37.5 Å². The second-order valence-electron chi connectivity index (χ2n) is 24.3. The summed E-state index contributed by atoms with van der Waals surface area (Å²) < 4.78 is 28.2. The van der Waals surface area contributed by atoms with Crippen LogP contribution in [0.3, 0.4) is 0 Å². The Kier molecular flexibility index (Phi) is 63.1. The van der Waals surface area contributed by atoms with Gasteiger partial charge < -0.3 is 28.6 Å². The quantitative estimate of drug-likeness (QED) is 0.0188. The summed E-state index contributed by atoms with van der Waals surface area (Å²) in [6.07, 6.45) is 42.4. The molecular weight excluding hydrogens is 1080 g/mol. The first-order valence-corrected chi connectivity index (χ1v) is 35.6. The molecule has 86 heavy (non-hydrogen) atoms. The first kappa shape index (κ1) is 86.4. The van der Waals surface area contributed by atoms with Crippen LogP contribution in [-0.4, -0.2) is 91.7 Å². The fourth-order valence-electron chi connectivity index (χ4n) is 10.4. The van der Waals surface area contributed by atoms with E-state index < -0.39 is 29.9 Å². The number of ketones is 1. The largest absolute Gasteiger partial charge is 0.466 e. The lowest BCUT2D eigenvalue weighted by molar-refractivity contribution is -0.155. The molecule has 12 heteroatoms. The second kappa shape index (κ2) is 62.8. The van der Waals surface area contributed by atoms with Gasteiger partial charge in [0.15, 0.2) is 5.78 Å². The third-order valence-corrected chi connectivity index (χ3v) is 15.8. The lowest BCUT2D eigenvalue weighted by atomic mass is 9.91. The predicted octanol–water partition coefficient (Wildman–Crippen LogP) is 20.3. The van der Waals surface area contributed by atoms with E-state index in [-0.39, 0.29) is 55.0 Å². The molecule has 0 aromatic rings. The zero-order chi connectivity index (χ0) is 64.9. The van der Waals surface area contributed by atoms with Gasteiger partial charge in [-0.3, -0.25) is 28.8 Å². The smallest absolute Gasteiger partial charge is 0.306 e. The van der Waals surface area contributed by atoms with Crippen LogP contribution in [-0.2, 0) is 52.5 Å². The van der Waals surface area contributed by atoms with Gasteiger partial charge in [-0.2, -0.15) is 0 Å². The van der Waals surface area contributed by atoms with Crippen LogP contribution in [0.2, 0.25) is 0 Å². The molecule has 1 amide bonds. The maximum Gasteiger partial charge on any atom is 0.306 e. The number of carbonyl (C=O) groups excluding carboxylic acids is 6. The molecule has 1 aliphatic rings. The van der Waals surface area contributed by atoms with Gasteiger partial charge in [0.1, 0.15) is 6.10 Å². The lowest BCUT2D eigenvalue weighted by Gasteiger charge is -2.26. The van der Waals surface area contributed by atoms with Crippen molar-refractivity contribution in [2.45, 2.75) is 345 Å². The van der Waals surface area contributed by atoms with E-state index in [1.165, 1.54) is 153 Å². The zero-order valence-corrected chi connectivity index (χ0v) is 58.1. The average Bonchev–Trinajstić information content (AvgIpc) is 2.43. The third-order valence-electron chi connectivity index (χ3n) is 15.8. The summed E-state index contributed by atoms with van der Waals surface area (Å²) in [4.78, 5) is 76.1. The van der Waals surface area contributed by atoms with Gasteiger partial charge in [0.05, 0.1) is 32.0 Å². The van der Waals surface area contributed by atoms with E-state index in [9.17, 15) is 28.8 Å². The predicted molar refractivity (Wildman–Crippen MR) is 360 cm³/mol. The summed E-state index contributed by atoms with van der Waals surface area (Å²) in [6, 6.07) is 0. The van der Waals surface area contributed by atoms with E-state index in [2.05, 4.69) is 68.2 Å². The van der Waals surface area contributed by atoms with Gasteiger partial charge in [-0.1, -0.05) is 248 Å². The summed E-state index contributed by atoms with van der Waals surface area (Å²) in [5, 5.41) is 0. The monoisotopic (exact) mass is 1220 g/mol. The highest BCUT2D eigenvalue weighted by Crippen LogP contribution is 2.46. The molecule has 0 N–H and O–H groups in total. The summed E-state index contributed by atoms with van der Waals surface area (Å²) in [7, 11) is 0. The van der Waals surface area contributed by atoms with Crippen LogP contribution < -0.4 is 0 Å². The van der Waals surface area contributed by atoms with Crippen molar-refractivity contribution in [1.82, 2.24) is 4.90 Å². The molecule has 1 saturated carbocycles. The van der Waals surface area contributed by atoms with Gasteiger partial charge in [0.25, 0.3) is 0 Å². The molecule has 0 aliphatic heterocycles. The Hall–Kier alpha value is -3.80. The van der Waals surface area contributed by atoms with Crippen molar-refractivity contribution in [3.8, 4) is 0 Å². The molecule has 1 aliphatic carbocycles. The Morgan fingerprint density at radius 2 is 0.849 bits per heavy atom. The van der Waals surface area contributed by atoms with Crippen LogP contribution in [0.4, 0.5) is 0 Å². The number of hydrogen-bond donors (Lipinski definition) is 0. The zero-order valence-electron chi connectivity index (χ0n) is 58.1. The topological polar surface area (TPSA) is 152 Å². The molecule has 1 fully saturated rings. The highest BCUT2D eigenvalue weighted by Gasteiger charge is 2.46. The van der Waals surface area contributed by atoms with Crippen molar-refractivity contribution >= 4 is 35.6 Å². The molecule has 12 nitrogen and oxygen atoms in total. The van der Waals surface area contributed by atoms with Crippen LogP contribution in [0, 0.1) is 17.8 Å². The Balaban J connectivity index is -0.00000134. The molecule has 0 radical (unpaired) electrons. The Morgan fingerprint density at radius 1 is 0.453 bits per heavy atom. The van der Waals surface area contributed by atoms with E-state index in [1.54, 1.807) is 4.90 Å². The number of hydrogen-bond acceptors (Lipinski definition) is 11. The van der Waals surface area contributed by atoms with Gasteiger partial charge in [-0.05, 0) is 101 Å². The molecule has 3 atom stereocenters. The molecule has 1 rings (SSSR count). The van der Waals surface area contributed by atoms with E-state index in [0.29, 0.717) is 45.6 Å². The summed E-state index contributed by atoms with van der Waals surface area (Å²) in [5.74, 6) is -1.42. The normalized spacial score (nSPS) is 13.0. The van der Waals surface area contributed by atoms with Gasteiger partial charge in [0, 0.05) is 45.3 Å². The van der Waals surface area contributed by atoms with Crippen LogP contribution in [0.25, 0.3) is 0 Å². The Morgan fingerprint density at radius 3 is 1.22 bits per heavy atom. The number of allylic oxidation sites excluding steroid dienone is 2. The standard InChI is InChI=1S/C33H59NO7.C27H48O4.C12H24.C2H6/c1-6-11-13-15-17-19-22-39-31(36)24-28(25-32(37)40-23-20-18-16-14-12-7-2)26-33(38)41-29(9-4)27-34(21-8-3)30(35)10-5;1-4-7-9-11-13-15-19-30-26(29)22-24(21-25(28)6-3)23-27(17-18-27)31-20-16-14-12-10-8-5-2;1-5-7-8-9-12(6-2)10-11(3)4;1-2/h10,28-29H,5-9,11-27H2,1-4H3;6,24H,3-5,7-23H2,1-2H3;12H,3,5-10H2,1-2,4H3;1-2H3/t29-;;;/m1.../s1. The minimum absolute atomic E-state index is 0.000415. The minimum atomic E-state index is -0.573. The van der Waals surface area contributed by atoms with E-state index in [0.717, 1.165) is 96.0 Å². The minimum Gasteiger partial charge on any atom is -0.466 e. The van der Waals surface area contributed by atoms with Crippen molar-refractivity contribution < 1.29 is 52.5 Å². The summed E-state index contributed by atoms with van der Waals surface area (Å²) in [6.45, 7) is 37.2. The van der Waals surface area contributed by atoms with E-state index in [1.807, 2.05) is 27.7 Å². The first-order chi connectivity index (χ1) is 41.6. The highest BCUT2D eigenvalue weighted by molar-refractivity contribution is 5.89. The van der Waals surface area contributed by atoms with Gasteiger partial charge in [-0.15, -0.1) is 6.58 Å². The van der Waals surface area contributed by atoms with Gasteiger partial charge in [-0.25, -0.2) is 0 Å². The van der Waals surface area contributed by atoms with E-state index in [4.69, 9.17) is 23.7 Å². The summed E-state index contributed by atoms with van der Waals surface area (Å²) >= 11 is 0. The second-order valence-corrected chi connectivity index (χ2v) is 24.3. The lowest BCUT2D eigenvalue weighted by Crippen LogP contribution is -2.39. The highest BCUT2D eigenvalue weighted by atomic mass is 16.6. The fourth-order valence-corrected chi connectivity index (χ4v) is 10.4. The number of nitrogens with zero attached hydrogens (tertiary/aromatic N) is 1. The number of unbranched alkanes of at least 4 members (excludes halogenated alkanes) is 22. The number of rotatable bonds is 56. The van der Waals surface area contributed by atoms with Gasteiger partial charge >= 0.3 is 23.9 Å². The molecule has 0 aromatic carbocycles. The van der Waals surface area contributed by atoms with Crippen molar-refractivity contribution in [1.29, 1.82) is 0 Å². The molecule has 504 valence electrons. The molecule has 0 heterocycles. The maximum absolute atomic E-state index is 12.9. The molecule has 2 unspecified atom stereocenters. The van der Waals surface area contributed by atoms with Crippen LogP contribution >= 0.6 is 0 Å². The SMILES string of the molecule is C=C(C)CC(CC)CCCCC.C=CC(=O)CC(CC(=O)OCCCCCCCC)CC1(OCCCCCCCC)CC1.C=CC(=O)N(CCC)C[C@@H](CC)OC(=O)CC(CC(=O)OCCCCCCCC)CC(=O)OCCCCCCCC.CC. The van der Waals surface area contributed by atoms with Crippen LogP contribution in [0.1, 0.15) is 333 Å². The number of carbonyl (C=O) groups is 6. The summed E-state index contributed by atoms with van der Waals surface area (Å²) in [5.41, 5.74) is 1.23. The van der Waals surface area contributed by atoms with E-state index >= 15 is 0 Å². The number of ether oxygens (including phenoxy) is 5. The van der Waals surface area contributed by atoms with Crippen LogP contribution in [0.5, 0.6) is 0 Å². The molecule has 0 bridgehead atoms.